The van der Waals surface area contributed by atoms with Gasteiger partial charge in [-0.15, -0.1) is 0 Å². The predicted molar refractivity (Wildman–Crippen MR) is 78.3 cm³/mol. The highest BCUT2D eigenvalue weighted by Gasteiger charge is 2.27. The number of nitrogens with two attached hydrogens (primary N) is 1. The van der Waals surface area contributed by atoms with Gasteiger partial charge in [0.05, 0.1) is 15.7 Å². The fourth-order valence-electron chi connectivity index (χ4n) is 1.71. The molecule has 18 heavy (non-hydrogen) atoms. The third-order valence-corrected chi connectivity index (χ3v) is 4.92. The standard InChI is InChI=1S/C11H18ClN3OS2/c1-7(5-11(2,3)18(13)16)8-6-14-10(17-4)15-9(8)12/h6-7H,5,13H2,1-4H3/t7-,18?/m0/s1. The summed E-state index contributed by atoms with van der Waals surface area (Å²) < 4.78 is 11.0. The van der Waals surface area contributed by atoms with Crippen molar-refractivity contribution in [3.8, 4) is 0 Å². The van der Waals surface area contributed by atoms with Crippen molar-refractivity contribution < 1.29 is 4.21 Å². The van der Waals surface area contributed by atoms with Gasteiger partial charge < -0.3 is 0 Å². The molecule has 0 aromatic carbocycles. The molecule has 4 nitrogen and oxygen atoms in total. The van der Waals surface area contributed by atoms with E-state index in [9.17, 15) is 4.21 Å². The second-order valence-electron chi connectivity index (χ2n) is 4.77. The summed E-state index contributed by atoms with van der Waals surface area (Å²) in [7, 11) is -1.37. The Morgan fingerprint density at radius 1 is 1.61 bits per heavy atom. The zero-order valence-electron chi connectivity index (χ0n) is 10.9. The lowest BCUT2D eigenvalue weighted by Crippen LogP contribution is -2.33. The molecule has 1 heterocycles. The van der Waals surface area contributed by atoms with E-state index in [1.807, 2.05) is 27.0 Å². The highest BCUT2D eigenvalue weighted by molar-refractivity contribution is 7.98. The first-order chi connectivity index (χ1) is 8.27. The van der Waals surface area contributed by atoms with Gasteiger partial charge in [0, 0.05) is 11.8 Å². The van der Waals surface area contributed by atoms with Crippen molar-refractivity contribution in [1.82, 2.24) is 9.97 Å². The number of hydrogen-bond donors (Lipinski definition) is 1. The van der Waals surface area contributed by atoms with Crippen LogP contribution in [-0.2, 0) is 11.0 Å². The van der Waals surface area contributed by atoms with E-state index in [-0.39, 0.29) is 5.92 Å². The zero-order valence-corrected chi connectivity index (χ0v) is 13.3. The number of halogens is 1. The Labute approximate surface area is 120 Å². The fraction of sp³-hybridized carbons (Fsp3) is 0.636. The second-order valence-corrected chi connectivity index (χ2v) is 7.60. The Balaban J connectivity index is 2.91. The summed E-state index contributed by atoms with van der Waals surface area (Å²) in [4.78, 5) is 8.41. The molecule has 7 heteroatoms. The molecule has 0 amide bonds. The molecule has 1 aromatic heterocycles. The van der Waals surface area contributed by atoms with Crippen molar-refractivity contribution in [3.05, 3.63) is 16.9 Å². The summed E-state index contributed by atoms with van der Waals surface area (Å²) in [5.74, 6) is 0.107. The fourth-order valence-corrected chi connectivity index (χ4v) is 2.83. The molecule has 0 aliphatic heterocycles. The molecule has 102 valence electrons. The zero-order chi connectivity index (χ0) is 13.9. The van der Waals surface area contributed by atoms with Crippen LogP contribution in [0.25, 0.3) is 0 Å². The molecule has 1 aromatic rings. The van der Waals surface area contributed by atoms with Gasteiger partial charge >= 0.3 is 0 Å². The maximum absolute atomic E-state index is 11.4. The maximum atomic E-state index is 11.4. The van der Waals surface area contributed by atoms with Crippen LogP contribution in [0.5, 0.6) is 0 Å². The lowest BCUT2D eigenvalue weighted by Gasteiger charge is -2.25. The minimum Gasteiger partial charge on any atom is -0.251 e. The predicted octanol–water partition coefficient (Wildman–Crippen LogP) is 2.75. The van der Waals surface area contributed by atoms with E-state index < -0.39 is 15.7 Å². The first kappa shape index (κ1) is 15.9. The Bertz CT molecular complexity index is 454. The number of aromatic nitrogens is 2. The molecular formula is C11H18ClN3OS2. The van der Waals surface area contributed by atoms with Crippen LogP contribution in [0.2, 0.25) is 5.15 Å². The van der Waals surface area contributed by atoms with Gasteiger partial charge in [-0.3, -0.25) is 5.14 Å². The van der Waals surface area contributed by atoms with E-state index in [4.69, 9.17) is 16.7 Å². The van der Waals surface area contributed by atoms with Crippen LogP contribution in [0.4, 0.5) is 0 Å². The average Bonchev–Trinajstić information content (AvgIpc) is 2.27. The van der Waals surface area contributed by atoms with E-state index in [0.29, 0.717) is 16.7 Å². The molecule has 0 spiro atoms. The Morgan fingerprint density at radius 3 is 2.67 bits per heavy atom. The third kappa shape index (κ3) is 3.91. The molecule has 2 atom stereocenters. The molecule has 0 saturated heterocycles. The molecule has 0 aliphatic rings. The topological polar surface area (TPSA) is 68.9 Å². The summed E-state index contributed by atoms with van der Waals surface area (Å²) in [6.45, 7) is 5.77. The SMILES string of the molecule is CSc1ncc([C@@H](C)CC(C)(C)S(N)=O)c(Cl)n1. The minimum atomic E-state index is -1.37. The normalized spacial score (nSPS) is 15.4. The van der Waals surface area contributed by atoms with E-state index >= 15 is 0 Å². The Kier molecular flexibility index (Phi) is 5.58. The van der Waals surface area contributed by atoms with Gasteiger partial charge in [-0.2, -0.15) is 0 Å². The molecule has 0 aliphatic carbocycles. The van der Waals surface area contributed by atoms with E-state index in [1.165, 1.54) is 11.8 Å². The van der Waals surface area contributed by atoms with Crippen LogP contribution in [0, 0.1) is 0 Å². The van der Waals surface area contributed by atoms with Crippen molar-refractivity contribution in [1.29, 1.82) is 0 Å². The van der Waals surface area contributed by atoms with E-state index in [1.54, 1.807) is 6.20 Å². The van der Waals surface area contributed by atoms with Crippen LogP contribution in [-0.4, -0.2) is 25.2 Å². The van der Waals surface area contributed by atoms with Crippen molar-refractivity contribution in [2.45, 2.75) is 43.0 Å². The summed E-state index contributed by atoms with van der Waals surface area (Å²) >= 11 is 7.59. The highest BCUT2D eigenvalue weighted by atomic mass is 35.5. The van der Waals surface area contributed by atoms with Crippen LogP contribution in [0.3, 0.4) is 0 Å². The van der Waals surface area contributed by atoms with Crippen molar-refractivity contribution in [3.63, 3.8) is 0 Å². The summed E-state index contributed by atoms with van der Waals surface area (Å²) in [5, 5.41) is 6.59. The van der Waals surface area contributed by atoms with Gasteiger partial charge in [-0.25, -0.2) is 14.2 Å². The molecule has 0 fully saturated rings. The van der Waals surface area contributed by atoms with Gasteiger partial charge in [0.15, 0.2) is 5.16 Å². The second kappa shape index (κ2) is 6.32. The molecule has 2 N–H and O–H groups in total. The molecule has 1 unspecified atom stereocenters. The van der Waals surface area contributed by atoms with Crippen LogP contribution in [0.15, 0.2) is 11.4 Å². The van der Waals surface area contributed by atoms with E-state index in [2.05, 4.69) is 9.97 Å². The number of hydrogen-bond acceptors (Lipinski definition) is 4. The van der Waals surface area contributed by atoms with Gasteiger partial charge in [-0.1, -0.05) is 30.3 Å². The first-order valence-electron chi connectivity index (χ1n) is 5.50. The van der Waals surface area contributed by atoms with E-state index in [0.717, 1.165) is 5.56 Å². The van der Waals surface area contributed by atoms with Gasteiger partial charge in [0.1, 0.15) is 5.15 Å². The molecule has 0 saturated carbocycles. The van der Waals surface area contributed by atoms with Crippen LogP contribution in [0.1, 0.15) is 38.7 Å². The highest BCUT2D eigenvalue weighted by Crippen LogP contribution is 2.31. The largest absolute Gasteiger partial charge is 0.251 e. The van der Waals surface area contributed by atoms with Gasteiger partial charge in [0.2, 0.25) is 0 Å². The summed E-state index contributed by atoms with van der Waals surface area (Å²) in [6, 6.07) is 0. The third-order valence-electron chi connectivity index (χ3n) is 2.80. The Hall–Kier alpha value is -0.170. The molecule has 1 rings (SSSR count). The van der Waals surface area contributed by atoms with Crippen LogP contribution >= 0.6 is 23.4 Å². The quantitative estimate of drug-likeness (QED) is 0.516. The monoisotopic (exact) mass is 307 g/mol. The first-order valence-corrected chi connectivity index (χ1v) is 8.32. The van der Waals surface area contributed by atoms with Gasteiger partial charge in [-0.05, 0) is 32.4 Å². The maximum Gasteiger partial charge on any atom is 0.188 e. The number of nitrogens with zero attached hydrogens (tertiary/aromatic N) is 2. The van der Waals surface area contributed by atoms with Crippen LogP contribution < -0.4 is 5.14 Å². The number of thioether (sulfide) groups is 1. The molecule has 0 bridgehead atoms. The Morgan fingerprint density at radius 2 is 2.22 bits per heavy atom. The lowest BCUT2D eigenvalue weighted by molar-refractivity contribution is 0.538. The van der Waals surface area contributed by atoms with Crippen molar-refractivity contribution in [2.24, 2.45) is 5.14 Å². The van der Waals surface area contributed by atoms with Crippen molar-refractivity contribution in [2.75, 3.05) is 6.26 Å². The summed E-state index contributed by atoms with van der Waals surface area (Å²) in [5.41, 5.74) is 0.869. The summed E-state index contributed by atoms with van der Waals surface area (Å²) in [6.07, 6.45) is 4.30. The minimum absolute atomic E-state index is 0.107. The lowest BCUT2D eigenvalue weighted by atomic mass is 9.93. The van der Waals surface area contributed by atoms with Crippen molar-refractivity contribution >= 4 is 34.3 Å². The molecular weight excluding hydrogens is 290 g/mol. The smallest absolute Gasteiger partial charge is 0.188 e. The molecule has 0 radical (unpaired) electrons. The number of rotatable bonds is 5. The average molecular weight is 308 g/mol. The van der Waals surface area contributed by atoms with Gasteiger partial charge in [0.25, 0.3) is 0 Å².